The smallest absolute Gasteiger partial charge is 0.318 e. The fourth-order valence-electron chi connectivity index (χ4n) is 1.52. The number of alkyl halides is 2. The van der Waals surface area contributed by atoms with Gasteiger partial charge in [0.25, 0.3) is 0 Å². The average molecular weight is 296 g/mol. The zero-order valence-electron chi connectivity index (χ0n) is 12.4. The van der Waals surface area contributed by atoms with E-state index < -0.39 is 5.92 Å². The van der Waals surface area contributed by atoms with E-state index in [0.717, 1.165) is 0 Å². The van der Waals surface area contributed by atoms with Crippen molar-refractivity contribution in [2.24, 2.45) is 5.92 Å². The largest absolute Gasteiger partial charge is 0.465 e. The molecule has 114 valence electrons. The third-order valence-electron chi connectivity index (χ3n) is 2.56. The van der Waals surface area contributed by atoms with Crippen LogP contribution in [-0.2, 0) is 9.53 Å². The Morgan fingerprint density at radius 2 is 1.89 bits per heavy atom. The zero-order chi connectivity index (χ0) is 14.9. The molecule has 1 unspecified atom stereocenters. The molecule has 0 aliphatic rings. The fourth-order valence-corrected chi connectivity index (χ4v) is 2.38. The van der Waals surface area contributed by atoms with Gasteiger partial charge in [0.15, 0.2) is 0 Å². The van der Waals surface area contributed by atoms with Crippen LogP contribution in [0.15, 0.2) is 0 Å². The molecule has 5 heteroatoms. The first-order valence-corrected chi connectivity index (χ1v) is 7.99. The second kappa shape index (κ2) is 9.56. The van der Waals surface area contributed by atoms with E-state index in [2.05, 4.69) is 0 Å². The summed E-state index contributed by atoms with van der Waals surface area (Å²) in [5, 5.41) is -0.279. The number of esters is 1. The second-order valence-electron chi connectivity index (χ2n) is 5.25. The standard InChI is InChI=1S/C14H26F2O2S/c1-5-7-14(15,16)8-6-9-19-12(4)13(17)18-10-11(2)3/h11-12H,5-10H2,1-4H3. The lowest BCUT2D eigenvalue weighted by atomic mass is 10.1. The predicted octanol–water partition coefficient (Wildman–Crippen LogP) is 4.52. The molecule has 0 spiro atoms. The Kier molecular flexibility index (Phi) is 9.40. The zero-order valence-corrected chi connectivity index (χ0v) is 13.2. The topological polar surface area (TPSA) is 26.3 Å². The van der Waals surface area contributed by atoms with Crippen molar-refractivity contribution in [2.75, 3.05) is 12.4 Å². The summed E-state index contributed by atoms with van der Waals surface area (Å²) >= 11 is 1.39. The van der Waals surface area contributed by atoms with E-state index in [1.165, 1.54) is 11.8 Å². The van der Waals surface area contributed by atoms with Crippen molar-refractivity contribution in [1.82, 2.24) is 0 Å². The van der Waals surface area contributed by atoms with Crippen LogP contribution in [0.25, 0.3) is 0 Å². The van der Waals surface area contributed by atoms with Crippen LogP contribution >= 0.6 is 11.8 Å². The molecular formula is C14H26F2O2S. The molecule has 0 heterocycles. The van der Waals surface area contributed by atoms with Crippen LogP contribution in [0.2, 0.25) is 0 Å². The number of hydrogen-bond acceptors (Lipinski definition) is 3. The van der Waals surface area contributed by atoms with Crippen molar-refractivity contribution < 1.29 is 18.3 Å². The molecule has 0 aromatic rings. The number of rotatable bonds is 10. The number of carbonyl (C=O) groups excluding carboxylic acids is 1. The molecule has 0 saturated heterocycles. The Morgan fingerprint density at radius 1 is 1.26 bits per heavy atom. The van der Waals surface area contributed by atoms with Gasteiger partial charge in [-0.1, -0.05) is 27.2 Å². The average Bonchev–Trinajstić information content (AvgIpc) is 2.31. The summed E-state index contributed by atoms with van der Waals surface area (Å²) in [4.78, 5) is 11.5. The summed E-state index contributed by atoms with van der Waals surface area (Å²) < 4.78 is 31.5. The Labute approximate surface area is 119 Å². The molecule has 0 aromatic heterocycles. The van der Waals surface area contributed by atoms with Crippen molar-refractivity contribution in [1.29, 1.82) is 0 Å². The lowest BCUT2D eigenvalue weighted by Crippen LogP contribution is -2.20. The third-order valence-corrected chi connectivity index (χ3v) is 3.78. The van der Waals surface area contributed by atoms with Crippen LogP contribution in [0.4, 0.5) is 8.78 Å². The van der Waals surface area contributed by atoms with Gasteiger partial charge in [-0.3, -0.25) is 4.79 Å². The van der Waals surface area contributed by atoms with Gasteiger partial charge in [0.2, 0.25) is 5.92 Å². The molecular weight excluding hydrogens is 270 g/mol. The first kappa shape index (κ1) is 18.7. The predicted molar refractivity (Wildman–Crippen MR) is 76.8 cm³/mol. The molecule has 0 radical (unpaired) electrons. The maximum Gasteiger partial charge on any atom is 0.318 e. The molecule has 0 bridgehead atoms. The molecule has 0 aromatic carbocycles. The molecule has 0 aliphatic heterocycles. The van der Waals surface area contributed by atoms with Gasteiger partial charge in [-0.15, -0.1) is 11.8 Å². The van der Waals surface area contributed by atoms with E-state index in [4.69, 9.17) is 4.74 Å². The normalized spacial score (nSPS) is 13.6. The van der Waals surface area contributed by atoms with E-state index in [9.17, 15) is 13.6 Å². The Balaban J connectivity index is 3.73. The number of ether oxygens (including phenoxy) is 1. The molecule has 0 N–H and O–H groups in total. The van der Waals surface area contributed by atoms with Crippen molar-refractivity contribution >= 4 is 17.7 Å². The summed E-state index contributed by atoms with van der Waals surface area (Å²) in [5.74, 6) is -1.93. The van der Waals surface area contributed by atoms with Gasteiger partial charge in [0.1, 0.15) is 0 Å². The molecule has 0 saturated carbocycles. The van der Waals surface area contributed by atoms with E-state index in [1.54, 1.807) is 13.8 Å². The first-order chi connectivity index (χ1) is 8.78. The summed E-state index contributed by atoms with van der Waals surface area (Å²) in [6, 6.07) is 0. The lowest BCUT2D eigenvalue weighted by molar-refractivity contribution is -0.143. The van der Waals surface area contributed by atoms with Gasteiger partial charge < -0.3 is 4.74 Å². The van der Waals surface area contributed by atoms with Gasteiger partial charge >= 0.3 is 5.97 Å². The van der Waals surface area contributed by atoms with Crippen LogP contribution in [0.1, 0.15) is 53.4 Å². The summed E-state index contributed by atoms with van der Waals surface area (Å²) in [7, 11) is 0. The number of carbonyl (C=O) groups is 1. The number of halogens is 2. The third kappa shape index (κ3) is 10.2. The Bertz CT molecular complexity index is 258. The van der Waals surface area contributed by atoms with Gasteiger partial charge in [-0.05, 0) is 25.0 Å². The van der Waals surface area contributed by atoms with Gasteiger partial charge in [-0.25, -0.2) is 8.78 Å². The SMILES string of the molecule is CCCC(F)(F)CCCSC(C)C(=O)OCC(C)C. The minimum absolute atomic E-state index is 0.0519. The first-order valence-electron chi connectivity index (χ1n) is 6.94. The van der Waals surface area contributed by atoms with Crippen molar-refractivity contribution in [2.45, 2.75) is 64.6 Å². The highest BCUT2D eigenvalue weighted by Gasteiger charge is 2.26. The molecule has 2 nitrogen and oxygen atoms in total. The Morgan fingerprint density at radius 3 is 2.42 bits per heavy atom. The molecule has 0 rings (SSSR count). The number of hydrogen-bond donors (Lipinski definition) is 0. The van der Waals surface area contributed by atoms with E-state index >= 15 is 0 Å². The van der Waals surface area contributed by atoms with Gasteiger partial charge in [0, 0.05) is 12.8 Å². The molecule has 19 heavy (non-hydrogen) atoms. The van der Waals surface area contributed by atoms with Gasteiger partial charge in [-0.2, -0.15) is 0 Å². The number of thioether (sulfide) groups is 1. The quantitative estimate of drug-likeness (QED) is 0.438. The van der Waals surface area contributed by atoms with E-state index in [1.807, 2.05) is 13.8 Å². The van der Waals surface area contributed by atoms with Crippen LogP contribution in [0.3, 0.4) is 0 Å². The fraction of sp³-hybridized carbons (Fsp3) is 0.929. The summed E-state index contributed by atoms with van der Waals surface area (Å²) in [6.07, 6.45) is 0.781. The minimum atomic E-state index is -2.56. The van der Waals surface area contributed by atoms with Crippen molar-refractivity contribution in [3.63, 3.8) is 0 Å². The molecule has 1 atom stereocenters. The lowest BCUT2D eigenvalue weighted by Gasteiger charge is -2.16. The van der Waals surface area contributed by atoms with Crippen LogP contribution in [0.5, 0.6) is 0 Å². The highest BCUT2D eigenvalue weighted by Crippen LogP contribution is 2.27. The van der Waals surface area contributed by atoms with Gasteiger partial charge in [0.05, 0.1) is 11.9 Å². The van der Waals surface area contributed by atoms with Crippen LogP contribution in [0, 0.1) is 5.92 Å². The summed E-state index contributed by atoms with van der Waals surface area (Å²) in [5.41, 5.74) is 0. The van der Waals surface area contributed by atoms with E-state index in [-0.39, 0.29) is 24.1 Å². The molecule has 0 fully saturated rings. The Hall–Kier alpha value is -0.320. The maximum atomic E-state index is 13.2. The van der Waals surface area contributed by atoms with E-state index in [0.29, 0.717) is 31.1 Å². The van der Waals surface area contributed by atoms with Crippen LogP contribution < -0.4 is 0 Å². The van der Waals surface area contributed by atoms with Crippen LogP contribution in [-0.4, -0.2) is 29.5 Å². The van der Waals surface area contributed by atoms with Crippen molar-refractivity contribution in [3.8, 4) is 0 Å². The highest BCUT2D eigenvalue weighted by molar-refractivity contribution is 8.00. The second-order valence-corrected chi connectivity index (χ2v) is 6.70. The summed E-state index contributed by atoms with van der Waals surface area (Å²) in [6.45, 7) is 7.88. The highest BCUT2D eigenvalue weighted by atomic mass is 32.2. The maximum absolute atomic E-state index is 13.2. The molecule has 0 aliphatic carbocycles. The van der Waals surface area contributed by atoms with Crippen molar-refractivity contribution in [3.05, 3.63) is 0 Å². The monoisotopic (exact) mass is 296 g/mol. The minimum Gasteiger partial charge on any atom is -0.465 e. The molecule has 0 amide bonds.